The van der Waals surface area contributed by atoms with E-state index in [1.54, 1.807) is 0 Å². The number of carboxylic acids is 1. The van der Waals surface area contributed by atoms with Crippen LogP contribution in [-0.4, -0.2) is 42.2 Å². The first-order valence-electron chi connectivity index (χ1n) is 18.4. The fourth-order valence-corrected chi connectivity index (χ4v) is 6.64. The zero-order chi connectivity index (χ0) is 29.7. The summed E-state index contributed by atoms with van der Waals surface area (Å²) in [5.41, 5.74) is 0. The lowest BCUT2D eigenvalue weighted by atomic mass is 9.95. The van der Waals surface area contributed by atoms with Crippen LogP contribution in [0.25, 0.3) is 0 Å². The van der Waals surface area contributed by atoms with Gasteiger partial charge in [0.1, 0.15) is 5.92 Å². The number of carboxylic acid groups (broad SMARTS) is 1. The predicted octanol–water partition coefficient (Wildman–Crippen LogP) is 12.1. The number of hydrogen-bond donors (Lipinski definition) is 1. The summed E-state index contributed by atoms with van der Waals surface area (Å²) in [6.07, 6.45) is 37.2. The van der Waals surface area contributed by atoms with Crippen molar-refractivity contribution in [1.82, 2.24) is 0 Å². The van der Waals surface area contributed by atoms with Crippen LogP contribution in [0.2, 0.25) is 0 Å². The van der Waals surface area contributed by atoms with Crippen molar-refractivity contribution in [3.63, 3.8) is 0 Å². The molecular weight excluding hydrogens is 490 g/mol. The number of hydrogen-bond acceptors (Lipinski definition) is 1. The van der Waals surface area contributed by atoms with Crippen LogP contribution in [0.4, 0.5) is 0 Å². The molecule has 0 saturated carbocycles. The second kappa shape index (κ2) is 28.5. The van der Waals surface area contributed by atoms with E-state index in [1.165, 1.54) is 167 Å². The zero-order valence-corrected chi connectivity index (χ0v) is 28.5. The smallest absolute Gasteiger partial charge is 0.312 e. The first-order valence-corrected chi connectivity index (χ1v) is 18.4. The lowest BCUT2D eigenvalue weighted by Crippen LogP contribution is -2.52. The molecule has 0 amide bonds. The van der Waals surface area contributed by atoms with Gasteiger partial charge in [0.2, 0.25) is 0 Å². The van der Waals surface area contributed by atoms with Crippen LogP contribution in [-0.2, 0) is 4.79 Å². The Kier molecular flexibility index (Phi) is 28.1. The number of aliphatic carboxylic acids is 1. The summed E-state index contributed by atoms with van der Waals surface area (Å²) in [5.74, 6) is -0.769. The van der Waals surface area contributed by atoms with Gasteiger partial charge in [-0.1, -0.05) is 175 Å². The molecule has 0 aliphatic heterocycles. The molecule has 1 N–H and O–H groups in total. The molecule has 2 unspecified atom stereocenters. The molecule has 0 aliphatic carbocycles. The van der Waals surface area contributed by atoms with Crippen molar-refractivity contribution < 1.29 is 14.4 Å². The Bertz CT molecular complexity index is 532. The van der Waals surface area contributed by atoms with Gasteiger partial charge in [0.25, 0.3) is 0 Å². The minimum atomic E-state index is -0.574. The second-order valence-electron chi connectivity index (χ2n) is 13.8. The largest absolute Gasteiger partial charge is 0.481 e. The van der Waals surface area contributed by atoms with E-state index in [4.69, 9.17) is 0 Å². The summed E-state index contributed by atoms with van der Waals surface area (Å²) in [5, 5.41) is 10.0. The molecule has 0 heterocycles. The van der Waals surface area contributed by atoms with Crippen molar-refractivity contribution in [2.75, 3.05) is 20.6 Å². The highest BCUT2D eigenvalue weighted by Crippen LogP contribution is 2.24. The van der Waals surface area contributed by atoms with E-state index in [0.717, 1.165) is 23.9 Å². The Labute approximate surface area is 253 Å². The Morgan fingerprint density at radius 3 is 1.12 bits per heavy atom. The van der Waals surface area contributed by atoms with Gasteiger partial charge < -0.3 is 9.59 Å². The molecule has 240 valence electrons. The molecule has 0 bridgehead atoms. The van der Waals surface area contributed by atoms with Crippen LogP contribution in [0.3, 0.4) is 0 Å². The van der Waals surface area contributed by atoms with Gasteiger partial charge in [0, 0.05) is 0 Å². The summed E-state index contributed by atoms with van der Waals surface area (Å²) in [6, 6.07) is 0.595. The number of unbranched alkanes of at least 4 members (excludes halogenated alkanes) is 22. The Morgan fingerprint density at radius 2 is 0.800 bits per heavy atom. The van der Waals surface area contributed by atoms with Gasteiger partial charge >= 0.3 is 5.97 Å². The molecule has 0 fully saturated rings. The molecule has 0 rings (SSSR count). The first-order chi connectivity index (χ1) is 19.4. The second-order valence-corrected chi connectivity index (χ2v) is 13.8. The van der Waals surface area contributed by atoms with Crippen molar-refractivity contribution >= 4 is 5.97 Å². The number of nitrogens with zero attached hydrogens (tertiary/aromatic N) is 1. The van der Waals surface area contributed by atoms with E-state index in [0.29, 0.717) is 6.04 Å². The Morgan fingerprint density at radius 1 is 0.475 bits per heavy atom. The third-order valence-corrected chi connectivity index (χ3v) is 9.45. The summed E-state index contributed by atoms with van der Waals surface area (Å²) >= 11 is 0. The van der Waals surface area contributed by atoms with Crippen LogP contribution in [0, 0.1) is 5.92 Å². The van der Waals surface area contributed by atoms with E-state index in [9.17, 15) is 9.90 Å². The SMILES string of the molecule is CCCCCCCCCCCCCCCCC(C[N+](C)(C)C(CCC)CCCCCCCCCCCC)C(=O)O. The topological polar surface area (TPSA) is 37.3 Å². The number of rotatable bonds is 32. The fraction of sp³-hybridized carbons (Fsp3) is 0.973. The summed E-state index contributed by atoms with van der Waals surface area (Å²) in [6.45, 7) is 7.65. The van der Waals surface area contributed by atoms with Crippen molar-refractivity contribution in [3.8, 4) is 0 Å². The molecule has 0 spiro atoms. The molecule has 0 aromatic rings. The molecule has 0 radical (unpaired) electrons. The third kappa shape index (κ3) is 24.1. The average molecular weight is 567 g/mol. The molecule has 3 heteroatoms. The molecule has 0 aromatic heterocycles. The number of carbonyl (C=O) groups is 1. The van der Waals surface area contributed by atoms with Gasteiger partial charge in [0.05, 0.1) is 26.7 Å². The first kappa shape index (κ1) is 39.4. The van der Waals surface area contributed by atoms with E-state index < -0.39 is 5.97 Å². The van der Waals surface area contributed by atoms with Gasteiger partial charge in [-0.2, -0.15) is 0 Å². The molecular formula is C37H76NO2+. The van der Waals surface area contributed by atoms with Crippen LogP contribution in [0.5, 0.6) is 0 Å². The fourth-order valence-electron chi connectivity index (χ4n) is 6.64. The van der Waals surface area contributed by atoms with Crippen LogP contribution < -0.4 is 0 Å². The molecule has 3 nitrogen and oxygen atoms in total. The van der Waals surface area contributed by atoms with Gasteiger partial charge in [-0.25, -0.2) is 0 Å². The predicted molar refractivity (Wildman–Crippen MR) is 178 cm³/mol. The molecule has 0 saturated heterocycles. The zero-order valence-electron chi connectivity index (χ0n) is 28.5. The molecule has 0 aromatic carbocycles. The average Bonchev–Trinajstić information content (AvgIpc) is 2.92. The summed E-state index contributed by atoms with van der Waals surface area (Å²) in [4.78, 5) is 12.2. The summed E-state index contributed by atoms with van der Waals surface area (Å²) in [7, 11) is 4.61. The Balaban J connectivity index is 4.09. The van der Waals surface area contributed by atoms with E-state index in [2.05, 4.69) is 34.9 Å². The van der Waals surface area contributed by atoms with Gasteiger partial charge in [-0.05, 0) is 25.7 Å². The van der Waals surface area contributed by atoms with E-state index >= 15 is 0 Å². The highest BCUT2D eigenvalue weighted by Gasteiger charge is 2.33. The van der Waals surface area contributed by atoms with E-state index in [1.807, 2.05) is 0 Å². The van der Waals surface area contributed by atoms with Crippen molar-refractivity contribution in [2.24, 2.45) is 5.92 Å². The maximum absolute atomic E-state index is 12.2. The van der Waals surface area contributed by atoms with Crippen molar-refractivity contribution in [2.45, 2.75) is 207 Å². The van der Waals surface area contributed by atoms with E-state index in [-0.39, 0.29) is 5.92 Å². The number of quaternary nitrogens is 1. The maximum Gasteiger partial charge on any atom is 0.312 e. The van der Waals surface area contributed by atoms with Gasteiger partial charge in [0.15, 0.2) is 0 Å². The highest BCUT2D eigenvalue weighted by molar-refractivity contribution is 5.70. The monoisotopic (exact) mass is 567 g/mol. The molecule has 40 heavy (non-hydrogen) atoms. The van der Waals surface area contributed by atoms with Crippen molar-refractivity contribution in [1.29, 1.82) is 0 Å². The minimum absolute atomic E-state index is 0.195. The van der Waals surface area contributed by atoms with Crippen LogP contribution in [0.15, 0.2) is 0 Å². The molecule has 2 atom stereocenters. The minimum Gasteiger partial charge on any atom is -0.481 e. The lowest BCUT2D eigenvalue weighted by molar-refractivity contribution is -0.918. The highest BCUT2D eigenvalue weighted by atomic mass is 16.4. The van der Waals surface area contributed by atoms with Gasteiger partial charge in [-0.15, -0.1) is 0 Å². The third-order valence-electron chi connectivity index (χ3n) is 9.45. The summed E-state index contributed by atoms with van der Waals surface area (Å²) < 4.78 is 0.876. The normalized spacial score (nSPS) is 13.5. The quantitative estimate of drug-likeness (QED) is 0.0649. The maximum atomic E-state index is 12.2. The van der Waals surface area contributed by atoms with Crippen molar-refractivity contribution in [3.05, 3.63) is 0 Å². The lowest BCUT2D eigenvalue weighted by Gasteiger charge is -2.40. The standard InChI is InChI=1S/C37H75NO2/c1-6-9-11-13-15-17-19-20-21-22-23-25-27-29-32-35(37(39)40)34-38(4,5)36(31-8-3)33-30-28-26-24-18-16-14-12-10-7-2/h35-36H,6-34H2,1-5H3/p+1. The van der Waals surface area contributed by atoms with Crippen LogP contribution in [0.1, 0.15) is 201 Å². The van der Waals surface area contributed by atoms with Crippen LogP contribution >= 0.6 is 0 Å². The van der Waals surface area contributed by atoms with Gasteiger partial charge in [-0.3, -0.25) is 4.79 Å². The molecule has 0 aliphatic rings. The Hall–Kier alpha value is -0.570.